The number of amides is 3. The zero-order valence-corrected chi connectivity index (χ0v) is 17.7. The minimum atomic E-state index is -0.999. The molecule has 0 aliphatic carbocycles. The lowest BCUT2D eigenvalue weighted by molar-refractivity contribution is -0.119. The lowest BCUT2D eigenvalue weighted by Crippen LogP contribution is -2.45. The highest BCUT2D eigenvalue weighted by atomic mass is 16.5. The molecular weight excluding hydrogens is 408 g/mol. The van der Waals surface area contributed by atoms with E-state index in [2.05, 4.69) is 5.32 Å². The van der Waals surface area contributed by atoms with Crippen LogP contribution in [0.4, 0.5) is 5.69 Å². The number of nitrogens with zero attached hydrogens (tertiary/aromatic N) is 1. The quantitative estimate of drug-likeness (QED) is 0.558. The van der Waals surface area contributed by atoms with Crippen LogP contribution in [0.5, 0.6) is 17.2 Å². The predicted octanol–water partition coefficient (Wildman–Crippen LogP) is 4.50. The van der Waals surface area contributed by atoms with Gasteiger partial charge in [-0.3, -0.25) is 19.3 Å². The van der Waals surface area contributed by atoms with Crippen LogP contribution in [0.15, 0.2) is 72.8 Å². The summed E-state index contributed by atoms with van der Waals surface area (Å²) >= 11 is 0. The Morgan fingerprint density at radius 3 is 2.06 bits per heavy atom. The van der Waals surface area contributed by atoms with Crippen LogP contribution in [0.25, 0.3) is 0 Å². The monoisotopic (exact) mass is 430 g/mol. The molecule has 1 N–H and O–H groups in total. The first-order valence-electron chi connectivity index (χ1n) is 10.3. The highest BCUT2D eigenvalue weighted by Gasteiger charge is 2.40. The van der Waals surface area contributed by atoms with Gasteiger partial charge in [0.25, 0.3) is 11.8 Å². The predicted molar refractivity (Wildman–Crippen MR) is 119 cm³/mol. The van der Waals surface area contributed by atoms with Gasteiger partial charge in [0.15, 0.2) is 5.75 Å². The van der Waals surface area contributed by atoms with Crippen molar-refractivity contribution in [3.63, 3.8) is 0 Å². The summed E-state index contributed by atoms with van der Waals surface area (Å²) in [4.78, 5) is 39.3. The van der Waals surface area contributed by atoms with Gasteiger partial charge in [-0.2, -0.15) is 0 Å². The normalized spacial score (nSPS) is 13.5. The number of hydrogen-bond acceptors (Lipinski definition) is 5. The van der Waals surface area contributed by atoms with E-state index >= 15 is 0 Å². The summed E-state index contributed by atoms with van der Waals surface area (Å²) in [5, 5.41) is 2.77. The maximum atomic E-state index is 12.9. The Labute approximate surface area is 185 Å². The van der Waals surface area contributed by atoms with Crippen molar-refractivity contribution < 1.29 is 23.9 Å². The van der Waals surface area contributed by atoms with Crippen molar-refractivity contribution in [2.24, 2.45) is 0 Å². The van der Waals surface area contributed by atoms with Crippen LogP contribution in [0.1, 0.15) is 34.6 Å². The molecule has 7 nitrogen and oxygen atoms in total. The molecule has 3 aromatic rings. The second-order valence-electron chi connectivity index (χ2n) is 7.19. The average Bonchev–Trinajstić information content (AvgIpc) is 3.06. The molecule has 3 aromatic carbocycles. The van der Waals surface area contributed by atoms with Crippen molar-refractivity contribution in [3.05, 3.63) is 83.9 Å². The summed E-state index contributed by atoms with van der Waals surface area (Å²) in [5.41, 5.74) is 1.03. The van der Waals surface area contributed by atoms with E-state index < -0.39 is 23.8 Å². The SMILES string of the molecule is CCOc1ccc(Oc2ccccc2NC(=O)C(C)N2C(=O)c3ccccc3C2=O)cc1. The zero-order chi connectivity index (χ0) is 22.7. The maximum Gasteiger partial charge on any atom is 0.262 e. The number of hydrogen-bond donors (Lipinski definition) is 1. The van der Waals surface area contributed by atoms with Crippen molar-refractivity contribution in [1.29, 1.82) is 0 Å². The van der Waals surface area contributed by atoms with E-state index in [9.17, 15) is 14.4 Å². The number of carbonyl (C=O) groups is 3. The first-order chi connectivity index (χ1) is 15.5. The Balaban J connectivity index is 1.49. The van der Waals surface area contributed by atoms with E-state index in [1.807, 2.05) is 6.92 Å². The minimum Gasteiger partial charge on any atom is -0.494 e. The van der Waals surface area contributed by atoms with Crippen molar-refractivity contribution >= 4 is 23.4 Å². The van der Waals surface area contributed by atoms with Crippen LogP contribution >= 0.6 is 0 Å². The van der Waals surface area contributed by atoms with Gasteiger partial charge in [0.1, 0.15) is 17.5 Å². The Hall–Kier alpha value is -4.13. The molecule has 1 aliphatic rings. The lowest BCUT2D eigenvalue weighted by atomic mass is 10.1. The molecule has 0 bridgehead atoms. The fraction of sp³-hybridized carbons (Fsp3) is 0.160. The first-order valence-corrected chi connectivity index (χ1v) is 10.3. The summed E-state index contributed by atoms with van der Waals surface area (Å²) in [5.74, 6) is 0.279. The number of anilines is 1. The molecule has 0 aromatic heterocycles. The van der Waals surface area contributed by atoms with Gasteiger partial charge in [0.05, 0.1) is 23.4 Å². The van der Waals surface area contributed by atoms with Crippen LogP contribution in [0, 0.1) is 0 Å². The van der Waals surface area contributed by atoms with Gasteiger partial charge in [-0.15, -0.1) is 0 Å². The minimum absolute atomic E-state index is 0.302. The molecule has 0 saturated carbocycles. The lowest BCUT2D eigenvalue weighted by Gasteiger charge is -2.22. The third-order valence-electron chi connectivity index (χ3n) is 5.10. The number of imide groups is 1. The van der Waals surface area contributed by atoms with E-state index in [4.69, 9.17) is 9.47 Å². The Morgan fingerprint density at radius 1 is 0.875 bits per heavy atom. The Bertz CT molecular complexity index is 1140. The zero-order valence-electron chi connectivity index (χ0n) is 17.7. The molecule has 32 heavy (non-hydrogen) atoms. The smallest absolute Gasteiger partial charge is 0.262 e. The third kappa shape index (κ3) is 4.05. The number of ether oxygens (including phenoxy) is 2. The fourth-order valence-corrected chi connectivity index (χ4v) is 3.47. The van der Waals surface area contributed by atoms with Crippen LogP contribution in [0.3, 0.4) is 0 Å². The molecule has 0 spiro atoms. The highest BCUT2D eigenvalue weighted by molar-refractivity contribution is 6.23. The molecule has 1 heterocycles. The fourth-order valence-electron chi connectivity index (χ4n) is 3.47. The highest BCUT2D eigenvalue weighted by Crippen LogP contribution is 2.31. The van der Waals surface area contributed by atoms with Crippen LogP contribution < -0.4 is 14.8 Å². The van der Waals surface area contributed by atoms with Crippen LogP contribution in [-0.2, 0) is 4.79 Å². The summed E-state index contributed by atoms with van der Waals surface area (Å²) in [6.07, 6.45) is 0. The molecule has 0 radical (unpaired) electrons. The molecule has 4 rings (SSSR count). The third-order valence-corrected chi connectivity index (χ3v) is 5.10. The molecule has 0 fully saturated rings. The number of nitrogens with one attached hydrogen (secondary N) is 1. The molecule has 3 amide bonds. The molecule has 162 valence electrons. The van der Waals surface area contributed by atoms with Crippen molar-refractivity contribution in [3.8, 4) is 17.2 Å². The molecular formula is C25H22N2O5. The largest absolute Gasteiger partial charge is 0.494 e. The van der Waals surface area contributed by atoms with E-state index in [0.29, 0.717) is 34.9 Å². The van der Waals surface area contributed by atoms with E-state index in [1.54, 1.807) is 72.8 Å². The van der Waals surface area contributed by atoms with Crippen LogP contribution in [0.2, 0.25) is 0 Å². The standard InChI is InChI=1S/C25H22N2O5/c1-3-31-17-12-14-18(15-13-17)32-22-11-7-6-10-21(22)26-23(28)16(2)27-24(29)19-8-4-5-9-20(19)25(27)30/h4-16H,3H2,1-2H3,(H,26,28). The van der Waals surface area contributed by atoms with Gasteiger partial charge in [0.2, 0.25) is 5.91 Å². The molecule has 1 aliphatic heterocycles. The summed E-state index contributed by atoms with van der Waals surface area (Å²) in [7, 11) is 0. The van der Waals surface area contributed by atoms with Crippen molar-refractivity contribution in [2.45, 2.75) is 19.9 Å². The summed E-state index contributed by atoms with van der Waals surface area (Å²) in [6.45, 7) is 4.00. The molecule has 1 atom stereocenters. The summed E-state index contributed by atoms with van der Waals surface area (Å²) < 4.78 is 11.4. The van der Waals surface area contributed by atoms with Gasteiger partial charge in [-0.05, 0) is 62.4 Å². The molecule has 1 unspecified atom stereocenters. The second kappa shape index (κ2) is 8.93. The number of para-hydroxylation sites is 2. The molecule has 7 heteroatoms. The number of carbonyl (C=O) groups excluding carboxylic acids is 3. The topological polar surface area (TPSA) is 84.9 Å². The first kappa shape index (κ1) is 21.1. The van der Waals surface area contributed by atoms with Crippen molar-refractivity contribution in [1.82, 2.24) is 4.90 Å². The van der Waals surface area contributed by atoms with Crippen LogP contribution in [-0.4, -0.2) is 35.3 Å². The van der Waals surface area contributed by atoms with E-state index in [0.717, 1.165) is 10.6 Å². The maximum absolute atomic E-state index is 12.9. The van der Waals surface area contributed by atoms with E-state index in [1.165, 1.54) is 6.92 Å². The van der Waals surface area contributed by atoms with E-state index in [-0.39, 0.29) is 0 Å². The second-order valence-corrected chi connectivity index (χ2v) is 7.19. The van der Waals surface area contributed by atoms with Gasteiger partial charge < -0.3 is 14.8 Å². The Kier molecular flexibility index (Phi) is 5.89. The average molecular weight is 430 g/mol. The number of rotatable bonds is 7. The molecule has 0 saturated heterocycles. The number of fused-ring (bicyclic) bond motifs is 1. The van der Waals surface area contributed by atoms with Gasteiger partial charge in [-0.25, -0.2) is 0 Å². The Morgan fingerprint density at radius 2 is 1.44 bits per heavy atom. The van der Waals surface area contributed by atoms with Crippen molar-refractivity contribution in [2.75, 3.05) is 11.9 Å². The van der Waals surface area contributed by atoms with Gasteiger partial charge in [0, 0.05) is 0 Å². The number of benzene rings is 3. The summed E-state index contributed by atoms with van der Waals surface area (Å²) in [6, 6.07) is 19.6. The van der Waals surface area contributed by atoms with Gasteiger partial charge in [-0.1, -0.05) is 24.3 Å². The van der Waals surface area contributed by atoms with Gasteiger partial charge >= 0.3 is 0 Å².